The molecule has 5 heteroatoms. The van der Waals surface area contributed by atoms with Gasteiger partial charge in [-0.1, -0.05) is 30.3 Å². The van der Waals surface area contributed by atoms with Crippen molar-refractivity contribution in [1.82, 2.24) is 4.57 Å². The second-order valence-electron chi connectivity index (χ2n) is 5.68. The van der Waals surface area contributed by atoms with Crippen LogP contribution in [0, 0.1) is 6.92 Å². The summed E-state index contributed by atoms with van der Waals surface area (Å²) in [6.45, 7) is 4.01. The predicted molar refractivity (Wildman–Crippen MR) is 87.1 cm³/mol. The highest BCUT2D eigenvalue weighted by Gasteiger charge is 2.39. The molecule has 2 heterocycles. The van der Waals surface area contributed by atoms with E-state index in [9.17, 15) is 4.79 Å². The van der Waals surface area contributed by atoms with E-state index >= 15 is 0 Å². The number of carbonyl (C=O) groups is 1. The van der Waals surface area contributed by atoms with Crippen molar-refractivity contribution in [3.63, 3.8) is 0 Å². The van der Waals surface area contributed by atoms with E-state index < -0.39 is 12.1 Å². The molecule has 0 aliphatic carbocycles. The SMILES string of the molecule is CC1=NC(C(=O)OCc2ccccc2)C(c2ccc(C)n2C)O1. The van der Waals surface area contributed by atoms with Crippen molar-refractivity contribution in [3.05, 3.63) is 59.4 Å². The van der Waals surface area contributed by atoms with Crippen molar-refractivity contribution in [2.45, 2.75) is 32.6 Å². The molecule has 2 atom stereocenters. The van der Waals surface area contributed by atoms with Gasteiger partial charge in [-0.05, 0) is 24.6 Å². The van der Waals surface area contributed by atoms with E-state index in [1.165, 1.54) is 0 Å². The van der Waals surface area contributed by atoms with Crippen molar-refractivity contribution in [2.24, 2.45) is 12.0 Å². The van der Waals surface area contributed by atoms with Gasteiger partial charge in [-0.2, -0.15) is 0 Å². The summed E-state index contributed by atoms with van der Waals surface area (Å²) in [5.41, 5.74) is 2.97. The van der Waals surface area contributed by atoms with Crippen LogP contribution in [0.2, 0.25) is 0 Å². The highest BCUT2D eigenvalue weighted by Crippen LogP contribution is 2.31. The minimum absolute atomic E-state index is 0.240. The van der Waals surface area contributed by atoms with Crippen LogP contribution < -0.4 is 0 Å². The summed E-state index contributed by atoms with van der Waals surface area (Å²) in [5.74, 6) is 0.144. The first kappa shape index (κ1) is 15.3. The van der Waals surface area contributed by atoms with Crippen LogP contribution in [0.4, 0.5) is 0 Å². The van der Waals surface area contributed by atoms with Gasteiger partial charge in [0.05, 0.1) is 5.69 Å². The average molecular weight is 312 g/mol. The summed E-state index contributed by atoms with van der Waals surface area (Å²) in [4.78, 5) is 16.8. The average Bonchev–Trinajstić information content (AvgIpc) is 3.09. The topological polar surface area (TPSA) is 52.8 Å². The lowest BCUT2D eigenvalue weighted by Gasteiger charge is -2.18. The number of aromatic nitrogens is 1. The molecule has 0 saturated heterocycles. The zero-order valence-corrected chi connectivity index (χ0v) is 13.5. The quantitative estimate of drug-likeness (QED) is 0.816. The molecule has 2 aromatic rings. The molecular formula is C18H20N2O3. The van der Waals surface area contributed by atoms with Crippen molar-refractivity contribution in [1.29, 1.82) is 0 Å². The van der Waals surface area contributed by atoms with Gasteiger partial charge < -0.3 is 14.0 Å². The van der Waals surface area contributed by atoms with Crippen molar-refractivity contribution in [3.8, 4) is 0 Å². The Morgan fingerprint density at radius 3 is 2.61 bits per heavy atom. The molecule has 1 aromatic carbocycles. The molecule has 0 fully saturated rings. The molecule has 1 aromatic heterocycles. The molecule has 1 aliphatic rings. The summed E-state index contributed by atoms with van der Waals surface area (Å²) in [6.07, 6.45) is -0.433. The number of benzene rings is 1. The molecule has 0 saturated carbocycles. The number of hydrogen-bond acceptors (Lipinski definition) is 4. The summed E-state index contributed by atoms with van der Waals surface area (Å²) in [6, 6.07) is 12.9. The third-order valence-corrected chi connectivity index (χ3v) is 4.07. The van der Waals surface area contributed by atoms with Gasteiger partial charge >= 0.3 is 5.97 Å². The fraction of sp³-hybridized carbons (Fsp3) is 0.333. The molecule has 0 spiro atoms. The van der Waals surface area contributed by atoms with E-state index in [0.717, 1.165) is 17.0 Å². The standard InChI is InChI=1S/C18H20N2O3/c1-12-9-10-15(20(12)3)17-16(19-13(2)23-17)18(21)22-11-14-7-5-4-6-8-14/h4-10,16-17H,11H2,1-3H3. The van der Waals surface area contributed by atoms with E-state index in [1.54, 1.807) is 6.92 Å². The summed E-state index contributed by atoms with van der Waals surface area (Å²) in [5, 5.41) is 0. The van der Waals surface area contributed by atoms with Crippen LogP contribution in [0.3, 0.4) is 0 Å². The maximum Gasteiger partial charge on any atom is 0.335 e. The van der Waals surface area contributed by atoms with Gasteiger partial charge in [-0.15, -0.1) is 0 Å². The first-order valence-electron chi connectivity index (χ1n) is 7.60. The van der Waals surface area contributed by atoms with Crippen LogP contribution in [0.25, 0.3) is 0 Å². The Labute approximate surface area is 135 Å². The number of hydrogen-bond donors (Lipinski definition) is 0. The lowest BCUT2D eigenvalue weighted by atomic mass is 10.1. The normalized spacial score (nSPS) is 20.0. The number of esters is 1. The second kappa shape index (κ2) is 6.28. The Morgan fingerprint density at radius 1 is 1.22 bits per heavy atom. The van der Waals surface area contributed by atoms with Crippen LogP contribution in [-0.4, -0.2) is 22.5 Å². The third-order valence-electron chi connectivity index (χ3n) is 4.07. The van der Waals surface area contributed by atoms with Gasteiger partial charge in [0.1, 0.15) is 6.61 Å². The number of nitrogens with zero attached hydrogens (tertiary/aromatic N) is 2. The molecule has 0 bridgehead atoms. The Hall–Kier alpha value is -2.56. The fourth-order valence-electron chi connectivity index (χ4n) is 2.67. The zero-order valence-electron chi connectivity index (χ0n) is 13.5. The Balaban J connectivity index is 1.73. The minimum atomic E-state index is -0.660. The lowest BCUT2D eigenvalue weighted by molar-refractivity contribution is -0.148. The number of ether oxygens (including phenoxy) is 2. The number of rotatable bonds is 4. The largest absolute Gasteiger partial charge is 0.469 e. The van der Waals surface area contributed by atoms with Crippen LogP contribution in [0.15, 0.2) is 47.5 Å². The van der Waals surface area contributed by atoms with Crippen molar-refractivity contribution in [2.75, 3.05) is 0 Å². The number of carbonyl (C=O) groups excluding carboxylic acids is 1. The molecule has 3 rings (SSSR count). The van der Waals surface area contributed by atoms with E-state index in [1.807, 2.05) is 61.0 Å². The van der Waals surface area contributed by atoms with Gasteiger partial charge in [-0.3, -0.25) is 0 Å². The maximum absolute atomic E-state index is 12.4. The van der Waals surface area contributed by atoms with Gasteiger partial charge in [0, 0.05) is 19.7 Å². The lowest BCUT2D eigenvalue weighted by Crippen LogP contribution is -2.27. The van der Waals surface area contributed by atoms with Gasteiger partial charge in [0.25, 0.3) is 0 Å². The summed E-state index contributed by atoms with van der Waals surface area (Å²) in [7, 11) is 1.95. The van der Waals surface area contributed by atoms with Gasteiger partial charge in [-0.25, -0.2) is 9.79 Å². The fourth-order valence-corrected chi connectivity index (χ4v) is 2.67. The number of aliphatic imine (C=N–C) groups is 1. The molecule has 0 radical (unpaired) electrons. The summed E-state index contributed by atoms with van der Waals surface area (Å²) < 4.78 is 13.2. The van der Waals surface area contributed by atoms with Crippen LogP contribution in [-0.2, 0) is 27.9 Å². The highest BCUT2D eigenvalue weighted by molar-refractivity contribution is 5.85. The van der Waals surface area contributed by atoms with Gasteiger partial charge in [0.15, 0.2) is 18.0 Å². The second-order valence-corrected chi connectivity index (χ2v) is 5.68. The smallest absolute Gasteiger partial charge is 0.335 e. The first-order chi connectivity index (χ1) is 11.1. The monoisotopic (exact) mass is 312 g/mol. The minimum Gasteiger partial charge on any atom is -0.469 e. The maximum atomic E-state index is 12.4. The molecule has 23 heavy (non-hydrogen) atoms. The zero-order chi connectivity index (χ0) is 16.4. The molecule has 0 amide bonds. The Morgan fingerprint density at radius 2 is 1.96 bits per heavy atom. The number of aryl methyl sites for hydroxylation is 1. The molecule has 2 unspecified atom stereocenters. The van der Waals surface area contributed by atoms with E-state index in [-0.39, 0.29) is 12.6 Å². The molecule has 1 aliphatic heterocycles. The Bertz CT molecular complexity index is 734. The first-order valence-corrected chi connectivity index (χ1v) is 7.60. The van der Waals surface area contributed by atoms with Crippen LogP contribution >= 0.6 is 0 Å². The molecule has 120 valence electrons. The highest BCUT2D eigenvalue weighted by atomic mass is 16.5. The van der Waals surface area contributed by atoms with E-state index in [4.69, 9.17) is 9.47 Å². The van der Waals surface area contributed by atoms with Crippen LogP contribution in [0.5, 0.6) is 0 Å². The summed E-state index contributed by atoms with van der Waals surface area (Å²) >= 11 is 0. The van der Waals surface area contributed by atoms with Crippen LogP contribution in [0.1, 0.15) is 30.0 Å². The molecular weight excluding hydrogens is 292 g/mol. The molecule has 0 N–H and O–H groups in total. The third kappa shape index (κ3) is 3.13. The van der Waals surface area contributed by atoms with E-state index in [0.29, 0.717) is 5.90 Å². The van der Waals surface area contributed by atoms with E-state index in [2.05, 4.69) is 4.99 Å². The van der Waals surface area contributed by atoms with Gasteiger partial charge in [0.2, 0.25) is 0 Å². The van der Waals surface area contributed by atoms with Crippen molar-refractivity contribution >= 4 is 11.9 Å². The van der Waals surface area contributed by atoms with Crippen molar-refractivity contribution < 1.29 is 14.3 Å². The molecule has 5 nitrogen and oxygen atoms in total. The Kier molecular flexibility index (Phi) is 4.19. The predicted octanol–water partition coefficient (Wildman–Crippen LogP) is 2.94.